The van der Waals surface area contributed by atoms with Gasteiger partial charge in [0.15, 0.2) is 0 Å². The van der Waals surface area contributed by atoms with Crippen molar-refractivity contribution in [1.29, 1.82) is 0 Å². The van der Waals surface area contributed by atoms with Crippen LogP contribution in [0.4, 0.5) is 0 Å². The van der Waals surface area contributed by atoms with Crippen LogP contribution in [0.25, 0.3) is 11.0 Å². The van der Waals surface area contributed by atoms with Gasteiger partial charge in [-0.25, -0.2) is 9.59 Å². The maximum atomic E-state index is 11.9. The Morgan fingerprint density at radius 3 is 2.95 bits per heavy atom. The van der Waals surface area contributed by atoms with Crippen molar-refractivity contribution in [2.75, 3.05) is 11.5 Å². The first-order valence-electron chi connectivity index (χ1n) is 6.17. The van der Waals surface area contributed by atoms with Gasteiger partial charge in [-0.1, -0.05) is 13.0 Å². The van der Waals surface area contributed by atoms with E-state index in [1.807, 2.05) is 11.8 Å². The van der Waals surface area contributed by atoms with Crippen LogP contribution in [0, 0.1) is 0 Å². The van der Waals surface area contributed by atoms with Gasteiger partial charge < -0.3 is 10.1 Å². The smallest absolute Gasteiger partial charge is 0.337 e. The molecule has 0 aliphatic carbocycles. The monoisotopic (exact) mass is 280 g/mol. The highest BCUT2D eigenvalue weighted by molar-refractivity contribution is 7.99. The highest BCUT2D eigenvalue weighted by atomic mass is 32.2. The van der Waals surface area contributed by atoms with E-state index < -0.39 is 5.97 Å². The molecule has 1 aromatic carbocycles. The van der Waals surface area contributed by atoms with Gasteiger partial charge in [0.1, 0.15) is 0 Å². The van der Waals surface area contributed by atoms with Gasteiger partial charge in [-0.05, 0) is 30.1 Å². The van der Waals surface area contributed by atoms with Crippen LogP contribution in [0.1, 0.15) is 23.7 Å². The molecule has 0 saturated heterocycles. The average Bonchev–Trinajstić information content (AvgIpc) is 2.70. The maximum Gasteiger partial charge on any atom is 0.337 e. The van der Waals surface area contributed by atoms with Crippen molar-refractivity contribution in [3.05, 3.63) is 34.2 Å². The molecule has 0 atom stereocenters. The Balaban J connectivity index is 2.34. The van der Waals surface area contributed by atoms with Crippen LogP contribution < -0.4 is 5.69 Å². The molecule has 0 unspecified atom stereocenters. The van der Waals surface area contributed by atoms with Crippen molar-refractivity contribution in [3.63, 3.8) is 0 Å². The molecule has 2 N–H and O–H groups in total. The molecule has 0 saturated carbocycles. The van der Waals surface area contributed by atoms with E-state index in [2.05, 4.69) is 11.9 Å². The summed E-state index contributed by atoms with van der Waals surface area (Å²) in [5.41, 5.74) is 0.955. The Kier molecular flexibility index (Phi) is 4.31. The van der Waals surface area contributed by atoms with E-state index >= 15 is 0 Å². The lowest BCUT2D eigenvalue weighted by molar-refractivity contribution is 0.0699. The van der Waals surface area contributed by atoms with Crippen LogP contribution >= 0.6 is 11.8 Å². The van der Waals surface area contributed by atoms with E-state index in [1.54, 1.807) is 16.7 Å². The van der Waals surface area contributed by atoms with Crippen LogP contribution in [0.5, 0.6) is 0 Å². The fourth-order valence-electron chi connectivity index (χ4n) is 2.05. The molecule has 2 rings (SSSR count). The molecule has 2 aromatic rings. The summed E-state index contributed by atoms with van der Waals surface area (Å²) >= 11 is 1.83. The SMILES string of the molecule is CCSCCCn1c(=O)[nH]c2c(C(=O)O)cccc21. The number of hydrogen-bond acceptors (Lipinski definition) is 3. The fourth-order valence-corrected chi connectivity index (χ4v) is 2.67. The fraction of sp³-hybridized carbons (Fsp3) is 0.385. The lowest BCUT2D eigenvalue weighted by Gasteiger charge is -2.03. The zero-order chi connectivity index (χ0) is 13.8. The number of benzene rings is 1. The van der Waals surface area contributed by atoms with Gasteiger partial charge in [-0.15, -0.1) is 0 Å². The van der Waals surface area contributed by atoms with Crippen molar-refractivity contribution in [2.24, 2.45) is 0 Å². The minimum atomic E-state index is -1.03. The summed E-state index contributed by atoms with van der Waals surface area (Å²) in [4.78, 5) is 25.6. The third-order valence-electron chi connectivity index (χ3n) is 2.92. The number of hydrogen-bond donors (Lipinski definition) is 2. The largest absolute Gasteiger partial charge is 0.478 e. The quantitative estimate of drug-likeness (QED) is 0.795. The molecule has 102 valence electrons. The molecule has 0 fully saturated rings. The number of fused-ring (bicyclic) bond motifs is 1. The number of carbonyl (C=O) groups is 1. The first-order valence-corrected chi connectivity index (χ1v) is 7.33. The second-order valence-corrected chi connectivity index (χ2v) is 5.53. The molecule has 0 amide bonds. The van der Waals surface area contributed by atoms with Crippen LogP contribution in [-0.2, 0) is 6.54 Å². The summed E-state index contributed by atoms with van der Waals surface area (Å²) in [6, 6.07) is 4.93. The third-order valence-corrected chi connectivity index (χ3v) is 3.90. The lowest BCUT2D eigenvalue weighted by Crippen LogP contribution is -2.17. The molecule has 19 heavy (non-hydrogen) atoms. The second kappa shape index (κ2) is 5.97. The van der Waals surface area contributed by atoms with Gasteiger partial charge in [-0.2, -0.15) is 11.8 Å². The molecule has 6 heteroatoms. The number of aromatic amines is 1. The van der Waals surface area contributed by atoms with E-state index in [9.17, 15) is 9.59 Å². The van der Waals surface area contributed by atoms with Crippen molar-refractivity contribution < 1.29 is 9.90 Å². The molecular weight excluding hydrogens is 264 g/mol. The predicted octanol–water partition coefficient (Wildman–Crippen LogP) is 2.17. The minimum absolute atomic E-state index is 0.135. The van der Waals surface area contributed by atoms with Crippen molar-refractivity contribution >= 4 is 28.8 Å². The Labute approximate surface area is 114 Å². The Bertz CT molecular complexity index is 645. The number of imidazole rings is 1. The molecule has 1 aromatic heterocycles. The predicted molar refractivity (Wildman–Crippen MR) is 77.1 cm³/mol. The Morgan fingerprint density at radius 1 is 1.47 bits per heavy atom. The molecule has 1 heterocycles. The van der Waals surface area contributed by atoms with E-state index in [0.29, 0.717) is 17.6 Å². The van der Waals surface area contributed by atoms with Crippen LogP contribution in [-0.4, -0.2) is 32.1 Å². The number of nitrogens with one attached hydrogen (secondary N) is 1. The minimum Gasteiger partial charge on any atom is -0.478 e. The van der Waals surface area contributed by atoms with Crippen molar-refractivity contribution in [1.82, 2.24) is 9.55 Å². The molecule has 5 nitrogen and oxygen atoms in total. The van der Waals surface area contributed by atoms with Crippen molar-refractivity contribution in [3.8, 4) is 0 Å². The Morgan fingerprint density at radius 2 is 2.26 bits per heavy atom. The number of para-hydroxylation sites is 1. The van der Waals surface area contributed by atoms with E-state index in [-0.39, 0.29) is 11.3 Å². The summed E-state index contributed by atoms with van der Waals surface area (Å²) < 4.78 is 1.61. The number of aromatic carboxylic acids is 1. The van der Waals surface area contributed by atoms with E-state index in [0.717, 1.165) is 17.9 Å². The second-order valence-electron chi connectivity index (χ2n) is 4.14. The lowest BCUT2D eigenvalue weighted by atomic mass is 10.2. The number of H-pyrrole nitrogens is 1. The molecule has 0 aliphatic heterocycles. The summed E-state index contributed by atoms with van der Waals surface area (Å²) in [5, 5.41) is 9.09. The van der Waals surface area contributed by atoms with Crippen LogP contribution in [0.3, 0.4) is 0 Å². The molecule has 0 spiro atoms. The number of nitrogens with zero attached hydrogens (tertiary/aromatic N) is 1. The van der Waals surface area contributed by atoms with Gasteiger partial charge in [0.2, 0.25) is 0 Å². The van der Waals surface area contributed by atoms with Crippen LogP contribution in [0.15, 0.2) is 23.0 Å². The maximum absolute atomic E-state index is 11.9. The highest BCUT2D eigenvalue weighted by Gasteiger charge is 2.13. The molecule has 0 bridgehead atoms. The number of aromatic nitrogens is 2. The Hall–Kier alpha value is -1.69. The summed E-state index contributed by atoms with van der Waals surface area (Å²) in [6.45, 7) is 2.70. The van der Waals surface area contributed by atoms with Gasteiger partial charge in [-0.3, -0.25) is 4.57 Å². The highest BCUT2D eigenvalue weighted by Crippen LogP contribution is 2.16. The van der Waals surface area contributed by atoms with Crippen LogP contribution in [0.2, 0.25) is 0 Å². The number of thioether (sulfide) groups is 1. The first-order chi connectivity index (χ1) is 9.15. The summed E-state index contributed by atoms with van der Waals surface area (Å²) in [7, 11) is 0. The zero-order valence-electron chi connectivity index (χ0n) is 10.7. The zero-order valence-corrected chi connectivity index (χ0v) is 11.5. The van der Waals surface area contributed by atoms with Gasteiger partial charge in [0.05, 0.1) is 16.6 Å². The number of rotatable bonds is 6. The normalized spacial score (nSPS) is 11.0. The average molecular weight is 280 g/mol. The third kappa shape index (κ3) is 2.84. The number of carboxylic acid groups (broad SMARTS) is 1. The molecule has 0 radical (unpaired) electrons. The first kappa shape index (κ1) is 13.7. The summed E-state index contributed by atoms with van der Waals surface area (Å²) in [6.07, 6.45) is 0.892. The van der Waals surface area contributed by atoms with Gasteiger partial charge >= 0.3 is 11.7 Å². The van der Waals surface area contributed by atoms with Gasteiger partial charge in [0.25, 0.3) is 0 Å². The summed E-state index contributed by atoms with van der Waals surface area (Å²) in [5.74, 6) is 1.03. The van der Waals surface area contributed by atoms with E-state index in [1.165, 1.54) is 6.07 Å². The molecular formula is C13H16N2O3S. The number of aryl methyl sites for hydroxylation is 1. The number of carboxylic acids is 1. The van der Waals surface area contributed by atoms with Gasteiger partial charge in [0, 0.05) is 6.54 Å². The van der Waals surface area contributed by atoms with E-state index in [4.69, 9.17) is 5.11 Å². The molecule has 0 aliphatic rings. The standard InChI is InChI=1S/C13H16N2O3S/c1-2-19-8-4-7-15-10-6-3-5-9(12(16)17)11(10)14-13(15)18/h3,5-6H,2,4,7-8H2,1H3,(H,14,18)(H,16,17). The van der Waals surface area contributed by atoms with Crippen molar-refractivity contribution in [2.45, 2.75) is 19.9 Å². The topological polar surface area (TPSA) is 75.1 Å².